The molecule has 0 saturated heterocycles. The van der Waals surface area contributed by atoms with Crippen LogP contribution in [0.1, 0.15) is 5.56 Å². The molecule has 1 rings (SSSR count). The Morgan fingerprint density at radius 3 is 2.26 bits per heavy atom. The molecule has 6 N–H and O–H groups in total. The van der Waals surface area contributed by atoms with Crippen molar-refractivity contribution in [3.8, 4) is 0 Å². The lowest BCUT2D eigenvalue weighted by Gasteiger charge is -2.11. The van der Waals surface area contributed by atoms with Crippen LogP contribution in [0.15, 0.2) is 24.3 Å². The van der Waals surface area contributed by atoms with Gasteiger partial charge in [-0.3, -0.25) is 9.59 Å². The lowest BCUT2D eigenvalue weighted by Crippen LogP contribution is -2.37. The molecule has 1 unspecified atom stereocenters. The molecule has 0 fully saturated rings. The summed E-state index contributed by atoms with van der Waals surface area (Å²) in [6.45, 7) is 0. The molecule has 1 amide bonds. The first-order valence-corrected chi connectivity index (χ1v) is 6.32. The molecule has 1 aromatic rings. The third kappa shape index (κ3) is 4.90. The second kappa shape index (κ2) is 7.13. The highest BCUT2D eigenvalue weighted by molar-refractivity contribution is 7.80. The predicted molar refractivity (Wildman–Crippen MR) is 76.2 cm³/mol. The van der Waals surface area contributed by atoms with E-state index in [-0.39, 0.29) is 18.1 Å². The summed E-state index contributed by atoms with van der Waals surface area (Å²) in [5.41, 5.74) is 12.3. The maximum Gasteiger partial charge on any atom is 0.320 e. The molecule has 0 aliphatic carbocycles. The minimum Gasteiger partial charge on any atom is -0.480 e. The van der Waals surface area contributed by atoms with Crippen LogP contribution in [-0.2, 0) is 16.0 Å². The van der Waals surface area contributed by atoms with E-state index in [0.29, 0.717) is 5.69 Å². The van der Waals surface area contributed by atoms with E-state index < -0.39 is 18.1 Å². The first-order chi connectivity index (χ1) is 8.93. The summed E-state index contributed by atoms with van der Waals surface area (Å²) in [6.07, 6.45) is 0.236. The van der Waals surface area contributed by atoms with Crippen molar-refractivity contribution in [1.82, 2.24) is 0 Å². The van der Waals surface area contributed by atoms with E-state index >= 15 is 0 Å². The van der Waals surface area contributed by atoms with Crippen LogP contribution >= 0.6 is 12.6 Å². The van der Waals surface area contributed by atoms with Gasteiger partial charge in [0.15, 0.2) is 0 Å². The van der Waals surface area contributed by atoms with E-state index in [9.17, 15) is 9.59 Å². The highest BCUT2D eigenvalue weighted by Gasteiger charge is 2.13. The Morgan fingerprint density at radius 1 is 1.21 bits per heavy atom. The normalized spacial score (nSPS) is 13.6. The van der Waals surface area contributed by atoms with Crippen molar-refractivity contribution in [3.63, 3.8) is 0 Å². The minimum atomic E-state index is -1.04. The third-order valence-corrected chi connectivity index (χ3v) is 2.92. The Bertz CT molecular complexity index is 450. The van der Waals surface area contributed by atoms with Gasteiger partial charge in [-0.25, -0.2) is 0 Å². The molecule has 7 heteroatoms. The van der Waals surface area contributed by atoms with Crippen LogP contribution < -0.4 is 16.8 Å². The zero-order chi connectivity index (χ0) is 14.4. The zero-order valence-electron chi connectivity index (χ0n) is 10.2. The van der Waals surface area contributed by atoms with E-state index in [1.807, 2.05) is 0 Å². The highest BCUT2D eigenvalue weighted by atomic mass is 32.1. The SMILES string of the molecule is NC(CS)C(=O)Nc1ccc(C[C@H](N)C(=O)O)cc1. The lowest BCUT2D eigenvalue weighted by molar-refractivity contribution is -0.138. The van der Waals surface area contributed by atoms with E-state index in [2.05, 4.69) is 17.9 Å². The molecule has 0 radical (unpaired) electrons. The number of anilines is 1. The third-order valence-electron chi connectivity index (χ3n) is 2.53. The van der Waals surface area contributed by atoms with Gasteiger partial charge in [0.05, 0.1) is 6.04 Å². The Balaban J connectivity index is 2.61. The number of aliphatic carboxylic acids is 1. The van der Waals surface area contributed by atoms with Crippen molar-refractivity contribution in [1.29, 1.82) is 0 Å². The molecule has 6 nitrogen and oxygen atoms in total. The molecule has 2 atom stereocenters. The van der Waals surface area contributed by atoms with Crippen LogP contribution in [-0.4, -0.2) is 34.8 Å². The fourth-order valence-corrected chi connectivity index (χ4v) is 1.55. The monoisotopic (exact) mass is 283 g/mol. The van der Waals surface area contributed by atoms with Crippen molar-refractivity contribution in [2.45, 2.75) is 18.5 Å². The van der Waals surface area contributed by atoms with Crippen LogP contribution in [0.2, 0.25) is 0 Å². The van der Waals surface area contributed by atoms with Crippen molar-refractivity contribution in [3.05, 3.63) is 29.8 Å². The standard InChI is InChI=1S/C12H17N3O3S/c13-9(12(17)18)5-7-1-3-8(4-2-7)15-11(16)10(14)6-19/h1-4,9-10,19H,5-6,13-14H2,(H,15,16)(H,17,18)/t9-,10?/m0/s1. The Kier molecular flexibility index (Phi) is 5.81. The van der Waals surface area contributed by atoms with Gasteiger partial charge in [-0.15, -0.1) is 0 Å². The number of carboxylic acid groups (broad SMARTS) is 1. The largest absolute Gasteiger partial charge is 0.480 e. The van der Waals surface area contributed by atoms with Gasteiger partial charge < -0.3 is 21.9 Å². The summed E-state index contributed by atoms with van der Waals surface area (Å²) in [6, 6.07) is 5.18. The second-order valence-corrected chi connectivity index (χ2v) is 4.49. The van der Waals surface area contributed by atoms with E-state index in [1.54, 1.807) is 24.3 Å². The number of benzene rings is 1. The van der Waals surface area contributed by atoms with Gasteiger partial charge in [0.1, 0.15) is 6.04 Å². The fraction of sp³-hybridized carbons (Fsp3) is 0.333. The Labute approximate surface area is 116 Å². The van der Waals surface area contributed by atoms with Crippen LogP contribution in [0.25, 0.3) is 0 Å². The van der Waals surface area contributed by atoms with Gasteiger partial charge in [-0.1, -0.05) is 12.1 Å². The molecular weight excluding hydrogens is 266 g/mol. The molecule has 104 valence electrons. The highest BCUT2D eigenvalue weighted by Crippen LogP contribution is 2.11. The summed E-state index contributed by atoms with van der Waals surface area (Å²) in [4.78, 5) is 22.1. The number of nitrogens with one attached hydrogen (secondary N) is 1. The molecule has 0 heterocycles. The number of hydrogen-bond acceptors (Lipinski definition) is 5. The van der Waals surface area contributed by atoms with Gasteiger partial charge >= 0.3 is 5.97 Å². The number of carbonyl (C=O) groups is 2. The average Bonchev–Trinajstić information content (AvgIpc) is 2.39. The van der Waals surface area contributed by atoms with Crippen LogP contribution in [0.3, 0.4) is 0 Å². The Hall–Kier alpha value is -1.57. The first-order valence-electron chi connectivity index (χ1n) is 5.68. The number of rotatable bonds is 6. The Morgan fingerprint density at radius 2 is 1.79 bits per heavy atom. The van der Waals surface area contributed by atoms with E-state index in [1.165, 1.54) is 0 Å². The molecule has 1 aromatic carbocycles. The maximum absolute atomic E-state index is 11.5. The summed E-state index contributed by atoms with van der Waals surface area (Å²) < 4.78 is 0. The molecule has 0 bridgehead atoms. The van der Waals surface area contributed by atoms with Crippen LogP contribution in [0.4, 0.5) is 5.69 Å². The van der Waals surface area contributed by atoms with Crippen molar-refractivity contribution < 1.29 is 14.7 Å². The van der Waals surface area contributed by atoms with E-state index in [0.717, 1.165) is 5.56 Å². The first kappa shape index (κ1) is 15.5. The number of nitrogens with two attached hydrogens (primary N) is 2. The molecule has 0 aliphatic heterocycles. The number of carbonyl (C=O) groups excluding carboxylic acids is 1. The van der Waals surface area contributed by atoms with Gasteiger partial charge in [0, 0.05) is 11.4 Å². The van der Waals surface area contributed by atoms with E-state index in [4.69, 9.17) is 16.6 Å². The van der Waals surface area contributed by atoms with Gasteiger partial charge in [0.2, 0.25) is 5.91 Å². The number of thiol groups is 1. The topological polar surface area (TPSA) is 118 Å². The fourth-order valence-electron chi connectivity index (χ4n) is 1.38. The summed E-state index contributed by atoms with van der Waals surface area (Å²) in [5, 5.41) is 11.3. The number of carboxylic acids is 1. The molecule has 0 saturated carbocycles. The lowest BCUT2D eigenvalue weighted by atomic mass is 10.1. The molecule has 0 spiro atoms. The zero-order valence-corrected chi connectivity index (χ0v) is 11.1. The summed E-state index contributed by atoms with van der Waals surface area (Å²) in [5.74, 6) is -1.10. The molecule has 19 heavy (non-hydrogen) atoms. The van der Waals surface area contributed by atoms with Crippen LogP contribution in [0.5, 0.6) is 0 Å². The molecular formula is C12H17N3O3S. The molecule has 0 aliphatic rings. The maximum atomic E-state index is 11.5. The van der Waals surface area contributed by atoms with Crippen molar-refractivity contribution in [2.75, 3.05) is 11.1 Å². The minimum absolute atomic E-state index is 0.236. The van der Waals surface area contributed by atoms with Crippen molar-refractivity contribution >= 4 is 30.2 Å². The quantitative estimate of drug-likeness (QED) is 0.465. The average molecular weight is 283 g/mol. The van der Waals surface area contributed by atoms with Crippen molar-refractivity contribution in [2.24, 2.45) is 11.5 Å². The van der Waals surface area contributed by atoms with Gasteiger partial charge in [-0.2, -0.15) is 12.6 Å². The smallest absolute Gasteiger partial charge is 0.320 e. The summed E-state index contributed by atoms with van der Waals surface area (Å²) in [7, 11) is 0. The second-order valence-electron chi connectivity index (χ2n) is 4.12. The number of amides is 1. The van der Waals surface area contributed by atoms with Gasteiger partial charge in [0.25, 0.3) is 0 Å². The van der Waals surface area contributed by atoms with Gasteiger partial charge in [-0.05, 0) is 24.1 Å². The number of hydrogen-bond donors (Lipinski definition) is 5. The predicted octanol–water partition coefficient (Wildman–Crippen LogP) is -0.163. The van der Waals surface area contributed by atoms with Crippen LogP contribution in [0, 0.1) is 0 Å². The molecule has 0 aromatic heterocycles. The summed E-state index contributed by atoms with van der Waals surface area (Å²) >= 11 is 3.94.